The van der Waals surface area contributed by atoms with Crippen molar-refractivity contribution in [1.82, 2.24) is 4.98 Å². The van der Waals surface area contributed by atoms with E-state index < -0.39 is 23.8 Å². The molecule has 0 radical (unpaired) electrons. The molecule has 0 atom stereocenters. The highest BCUT2D eigenvalue weighted by atomic mass is 32.1. The Bertz CT molecular complexity index is 3090. The number of hydrogen-bond donors (Lipinski definition) is 0. The molecule has 18 heteroatoms. The molecule has 5 aromatic rings. The molecule has 7 rings (SSSR count). The van der Waals surface area contributed by atoms with E-state index in [2.05, 4.69) is 18.3 Å². The minimum atomic E-state index is -0.448. The fourth-order valence-corrected chi connectivity index (χ4v) is 12.4. The van der Waals surface area contributed by atoms with E-state index in [0.717, 1.165) is 79.5 Å². The maximum atomic E-state index is 13.8. The molecule has 0 aliphatic heterocycles. The predicted octanol–water partition coefficient (Wildman–Crippen LogP) is 17.2. The van der Waals surface area contributed by atoms with Crippen molar-refractivity contribution in [2.24, 2.45) is 28.8 Å². The minimum Gasteiger partial charge on any atom is -0.494 e. The largest absolute Gasteiger partial charge is 0.494 e. The van der Waals surface area contributed by atoms with Crippen LogP contribution in [0.2, 0.25) is 0 Å². The van der Waals surface area contributed by atoms with Crippen molar-refractivity contribution in [2.45, 2.75) is 193 Å². The van der Waals surface area contributed by atoms with E-state index in [0.29, 0.717) is 100.0 Å². The van der Waals surface area contributed by atoms with Crippen molar-refractivity contribution in [2.75, 3.05) is 38.5 Å². The number of hydrazone groups is 1. The van der Waals surface area contributed by atoms with Gasteiger partial charge in [-0.3, -0.25) is 19.2 Å². The van der Waals surface area contributed by atoms with Gasteiger partial charge in [0.2, 0.25) is 5.13 Å². The van der Waals surface area contributed by atoms with Crippen LogP contribution < -0.4 is 33.4 Å². The number of ether oxygens (including phenoxy) is 8. The summed E-state index contributed by atoms with van der Waals surface area (Å²) in [5, 5.41) is 6.95. The number of thiazole rings is 1. The average molecular weight is 1300 g/mol. The van der Waals surface area contributed by atoms with Crippen LogP contribution in [-0.2, 0) is 38.2 Å². The summed E-state index contributed by atoms with van der Waals surface area (Å²) in [7, 11) is 1.78. The maximum Gasteiger partial charge on any atom is 0.330 e. The van der Waals surface area contributed by atoms with Crippen molar-refractivity contribution < 1.29 is 66.7 Å². The number of anilines is 1. The first-order valence-electron chi connectivity index (χ1n) is 34.1. The second-order valence-corrected chi connectivity index (χ2v) is 25.4. The Morgan fingerprint density at radius 1 is 0.452 bits per heavy atom. The van der Waals surface area contributed by atoms with Crippen molar-refractivity contribution >= 4 is 68.7 Å². The highest BCUT2D eigenvalue weighted by Crippen LogP contribution is 2.36. The highest BCUT2D eigenvalue weighted by Gasteiger charge is 2.34. The van der Waals surface area contributed by atoms with Crippen molar-refractivity contribution in [3.05, 3.63) is 122 Å². The summed E-state index contributed by atoms with van der Waals surface area (Å²) in [6, 6.07) is 26.9. The van der Waals surface area contributed by atoms with Gasteiger partial charge in [0.1, 0.15) is 34.5 Å². The van der Waals surface area contributed by atoms with E-state index in [1.165, 1.54) is 107 Å². The second kappa shape index (κ2) is 41.7. The van der Waals surface area contributed by atoms with E-state index in [1.807, 2.05) is 48.5 Å². The van der Waals surface area contributed by atoms with Crippen LogP contribution in [0.5, 0.6) is 34.5 Å². The van der Waals surface area contributed by atoms with Gasteiger partial charge in [-0.25, -0.2) is 19.6 Å². The number of rotatable bonds is 43. The third-order valence-electron chi connectivity index (χ3n) is 17.1. The molecular formula is C75H97N3O14S. The smallest absolute Gasteiger partial charge is 0.330 e. The molecule has 2 fully saturated rings. The predicted molar refractivity (Wildman–Crippen MR) is 363 cm³/mol. The summed E-state index contributed by atoms with van der Waals surface area (Å²) >= 11 is 1.48. The quantitative estimate of drug-likeness (QED) is 0.00889. The number of unbranched alkanes of at least 4 members (excludes halogenated alkanes) is 20. The van der Waals surface area contributed by atoms with Crippen molar-refractivity contribution in [1.29, 1.82) is 0 Å². The number of aromatic nitrogens is 1. The first kappa shape index (κ1) is 72.6. The SMILES string of the molecule is C=CC(=O)OCCCCCCCCCCCCCCOc1ccc(OC(=O)[C@H]2CC[C@@H](C(=O)Oc3ccc(OC(=O)[C@H]4CC[C@H](C(=O)Oc5ccc(OCCCCCCCCCCCCOC(=O)C=C)cc5)CC4)c(/C=N/N(C)c4nc5ccccc5s4)c3)CC2)cc1. The van der Waals surface area contributed by atoms with Gasteiger partial charge in [-0.2, -0.15) is 5.10 Å². The van der Waals surface area contributed by atoms with Crippen molar-refractivity contribution in [3.8, 4) is 34.5 Å². The fraction of sp³-hybridized carbons (Fsp3) is 0.520. The summed E-state index contributed by atoms with van der Waals surface area (Å²) in [6.07, 6.45) is 32.8. The normalized spacial score (nSPS) is 16.2. The van der Waals surface area contributed by atoms with Gasteiger partial charge >= 0.3 is 35.8 Å². The van der Waals surface area contributed by atoms with E-state index in [1.54, 1.807) is 60.7 Å². The Hall–Kier alpha value is -7.86. The van der Waals surface area contributed by atoms with Crippen LogP contribution in [0.15, 0.2) is 121 Å². The van der Waals surface area contributed by atoms with Gasteiger partial charge < -0.3 is 37.9 Å². The van der Waals surface area contributed by atoms with Crippen LogP contribution in [-0.4, -0.2) is 80.5 Å². The number of carbonyl (C=O) groups is 6. The van der Waals surface area contributed by atoms with Gasteiger partial charge in [0.05, 0.1) is 66.5 Å². The number of hydrogen-bond acceptors (Lipinski definition) is 18. The van der Waals surface area contributed by atoms with Gasteiger partial charge in [0.25, 0.3) is 0 Å². The first-order valence-corrected chi connectivity index (χ1v) is 34.9. The standard InChI is InChI=1S/C75H97N3O14S/c1-4-69(79)87-52-28-22-18-14-9-7-6-8-12-16-20-26-50-85-61-40-44-63(45-41-61)89-71(81)56-32-34-58(35-33-56)73(83)91-65-48-49-67(60(54-65)55-76-78(3)75-77-66-30-24-25-31-68(66)93-75)92-74(84)59-38-36-57(37-39-59)72(82)90-64-46-42-62(43-47-64)86-51-27-21-17-13-10-11-15-19-23-29-53-88-70(80)5-2/h4-5,24-25,30-31,40-49,54-59H,1-2,6-23,26-29,32-39,50-53H2,3H3/b76-55+/t56-,57-,58+,59-. The first-order chi connectivity index (χ1) is 45.4. The van der Waals surface area contributed by atoms with Crippen molar-refractivity contribution in [3.63, 3.8) is 0 Å². The molecule has 0 saturated heterocycles. The van der Waals surface area contributed by atoms with E-state index in [4.69, 9.17) is 42.9 Å². The topological polar surface area (TPSA) is 205 Å². The Kier molecular flexibility index (Phi) is 32.5. The number of esters is 6. The van der Waals surface area contributed by atoms with E-state index in [9.17, 15) is 28.8 Å². The molecule has 1 aromatic heterocycles. The van der Waals surface area contributed by atoms with E-state index in [-0.39, 0.29) is 47.2 Å². The molecule has 1 heterocycles. The summed E-state index contributed by atoms with van der Waals surface area (Å²) in [5.41, 5.74) is 1.25. The zero-order valence-electron chi connectivity index (χ0n) is 54.6. The minimum absolute atomic E-state index is 0.237. The number of fused-ring (bicyclic) bond motifs is 1. The molecule has 0 amide bonds. The Balaban J connectivity index is 0.785. The Morgan fingerprint density at radius 3 is 1.19 bits per heavy atom. The molecule has 0 bridgehead atoms. The number of carbonyl (C=O) groups excluding carboxylic acids is 6. The summed E-state index contributed by atoms with van der Waals surface area (Å²) in [5.74, 6) is -0.976. The maximum absolute atomic E-state index is 13.8. The van der Waals surface area contributed by atoms with Crippen LogP contribution in [0.4, 0.5) is 5.13 Å². The third kappa shape index (κ3) is 26.9. The van der Waals surface area contributed by atoms with Gasteiger partial charge in [-0.15, -0.1) is 0 Å². The van der Waals surface area contributed by atoms with Crippen LogP contribution in [0, 0.1) is 23.7 Å². The van der Waals surface area contributed by atoms with Gasteiger partial charge in [0.15, 0.2) is 0 Å². The summed E-state index contributed by atoms with van der Waals surface area (Å²) in [6.45, 7) is 9.01. The lowest BCUT2D eigenvalue weighted by Crippen LogP contribution is -2.30. The number of para-hydroxylation sites is 1. The summed E-state index contributed by atoms with van der Waals surface area (Å²) < 4.78 is 46.6. The molecule has 0 unspecified atom stereocenters. The molecule has 93 heavy (non-hydrogen) atoms. The third-order valence-corrected chi connectivity index (χ3v) is 18.3. The molecule has 0 N–H and O–H groups in total. The lowest BCUT2D eigenvalue weighted by atomic mass is 9.82. The molecular weight excluding hydrogens is 1200 g/mol. The average Bonchev–Trinajstić information content (AvgIpc) is 1.92. The van der Waals surface area contributed by atoms with Crippen LogP contribution in [0.25, 0.3) is 10.2 Å². The molecule has 2 saturated carbocycles. The summed E-state index contributed by atoms with van der Waals surface area (Å²) in [4.78, 5) is 81.1. The Morgan fingerprint density at radius 2 is 0.796 bits per heavy atom. The Labute approximate surface area is 554 Å². The molecule has 17 nitrogen and oxygen atoms in total. The van der Waals surface area contributed by atoms with Crippen LogP contribution in [0.1, 0.15) is 198 Å². The van der Waals surface area contributed by atoms with Crippen LogP contribution in [0.3, 0.4) is 0 Å². The van der Waals surface area contributed by atoms with Gasteiger partial charge in [0, 0.05) is 24.8 Å². The van der Waals surface area contributed by atoms with Gasteiger partial charge in [-0.1, -0.05) is 152 Å². The van der Waals surface area contributed by atoms with Gasteiger partial charge in [-0.05, 0) is 156 Å². The highest BCUT2D eigenvalue weighted by molar-refractivity contribution is 7.22. The molecule has 502 valence electrons. The van der Waals surface area contributed by atoms with Crippen LogP contribution >= 0.6 is 11.3 Å². The molecule has 0 spiro atoms. The lowest BCUT2D eigenvalue weighted by Gasteiger charge is -2.26. The monoisotopic (exact) mass is 1300 g/mol. The molecule has 2 aliphatic rings. The van der Waals surface area contributed by atoms with E-state index >= 15 is 0 Å². The molecule has 4 aromatic carbocycles. The second-order valence-electron chi connectivity index (χ2n) is 24.4. The lowest BCUT2D eigenvalue weighted by molar-refractivity contribution is -0.145. The fourth-order valence-electron chi connectivity index (χ4n) is 11.5. The number of benzene rings is 4. The zero-order chi connectivity index (χ0) is 65.7. The zero-order valence-corrected chi connectivity index (χ0v) is 55.4. The molecule has 2 aliphatic carbocycles. The number of nitrogens with zero attached hydrogens (tertiary/aromatic N) is 3.